The zero-order valence-corrected chi connectivity index (χ0v) is 12.5. The van der Waals surface area contributed by atoms with Gasteiger partial charge in [0, 0.05) is 13.0 Å². The fourth-order valence-corrected chi connectivity index (χ4v) is 2.66. The van der Waals surface area contributed by atoms with Crippen molar-refractivity contribution in [2.24, 2.45) is 11.7 Å². The molecule has 1 aromatic rings. The molecule has 3 N–H and O–H groups in total. The number of carboxylic acid groups (broad SMARTS) is 1. The third-order valence-corrected chi connectivity index (χ3v) is 4.36. The third-order valence-electron chi connectivity index (χ3n) is 4.36. The maximum Gasteiger partial charge on any atom is 0.326 e. The molecule has 0 saturated heterocycles. The number of rotatable bonds is 4. The molecule has 2 rings (SSSR count). The first-order valence-corrected chi connectivity index (χ1v) is 7.31. The summed E-state index contributed by atoms with van der Waals surface area (Å²) in [6.07, 6.45) is 1.12. The van der Waals surface area contributed by atoms with Crippen molar-refractivity contribution < 1.29 is 14.7 Å². The summed E-state index contributed by atoms with van der Waals surface area (Å²) in [4.78, 5) is 25.5. The first kappa shape index (κ1) is 15.5. The van der Waals surface area contributed by atoms with Crippen molar-refractivity contribution in [3.63, 3.8) is 0 Å². The van der Waals surface area contributed by atoms with Gasteiger partial charge < -0.3 is 15.7 Å². The van der Waals surface area contributed by atoms with Gasteiger partial charge in [-0.05, 0) is 17.0 Å². The molecule has 1 aliphatic heterocycles. The average Bonchev–Trinajstić information content (AvgIpc) is 2.51. The first-order valence-electron chi connectivity index (χ1n) is 7.31. The molecule has 1 aromatic carbocycles. The van der Waals surface area contributed by atoms with Crippen LogP contribution in [0.25, 0.3) is 0 Å². The quantitative estimate of drug-likeness (QED) is 0.878. The van der Waals surface area contributed by atoms with E-state index in [1.807, 2.05) is 38.1 Å². The van der Waals surface area contributed by atoms with E-state index in [0.29, 0.717) is 13.0 Å². The number of hydrogen-bond acceptors (Lipinski definition) is 3. The summed E-state index contributed by atoms with van der Waals surface area (Å²) in [5.74, 6) is -1.22. The Hall–Kier alpha value is -1.88. The number of benzene rings is 1. The average molecular weight is 290 g/mol. The van der Waals surface area contributed by atoms with Gasteiger partial charge in [-0.3, -0.25) is 4.79 Å². The summed E-state index contributed by atoms with van der Waals surface area (Å²) in [5.41, 5.74) is 7.99. The largest absolute Gasteiger partial charge is 0.480 e. The van der Waals surface area contributed by atoms with E-state index in [9.17, 15) is 14.7 Å². The molecule has 0 saturated carbocycles. The minimum absolute atomic E-state index is 0.0316. The van der Waals surface area contributed by atoms with E-state index in [4.69, 9.17) is 5.73 Å². The standard InChI is InChI=1S/C16H22N2O3/c1-3-10(2)14(17)15(19)18-9-12-7-5-4-6-11(12)8-13(18)16(20)21/h4-7,10,13-14H,3,8-9,17H2,1-2H3,(H,20,21). The number of carbonyl (C=O) groups excluding carboxylic acids is 1. The Morgan fingerprint density at radius 2 is 2.00 bits per heavy atom. The highest BCUT2D eigenvalue weighted by molar-refractivity contribution is 5.87. The number of nitrogens with zero attached hydrogens (tertiary/aromatic N) is 1. The highest BCUT2D eigenvalue weighted by Gasteiger charge is 2.37. The molecule has 0 aromatic heterocycles. The SMILES string of the molecule is CCC(C)C(N)C(=O)N1Cc2ccccc2CC1C(=O)O. The Labute approximate surface area is 124 Å². The summed E-state index contributed by atoms with van der Waals surface area (Å²) in [6, 6.07) is 6.16. The lowest BCUT2D eigenvalue weighted by molar-refractivity contribution is -0.152. The predicted molar refractivity (Wildman–Crippen MR) is 79.6 cm³/mol. The minimum atomic E-state index is -0.978. The van der Waals surface area contributed by atoms with Gasteiger partial charge in [0.05, 0.1) is 6.04 Å². The van der Waals surface area contributed by atoms with Gasteiger partial charge in [0.2, 0.25) is 5.91 Å². The zero-order chi connectivity index (χ0) is 15.6. The Kier molecular flexibility index (Phi) is 4.63. The summed E-state index contributed by atoms with van der Waals surface area (Å²) in [5, 5.41) is 9.43. The Balaban J connectivity index is 2.28. The molecule has 0 radical (unpaired) electrons. The lowest BCUT2D eigenvalue weighted by atomic mass is 9.91. The van der Waals surface area contributed by atoms with E-state index in [2.05, 4.69) is 0 Å². The molecular formula is C16H22N2O3. The second-order valence-corrected chi connectivity index (χ2v) is 5.70. The van der Waals surface area contributed by atoms with Crippen molar-refractivity contribution in [2.45, 2.75) is 45.3 Å². The van der Waals surface area contributed by atoms with Gasteiger partial charge in [-0.25, -0.2) is 4.79 Å². The van der Waals surface area contributed by atoms with E-state index in [1.165, 1.54) is 4.90 Å². The molecule has 0 aliphatic carbocycles. The normalized spacial score (nSPS) is 20.5. The van der Waals surface area contributed by atoms with Crippen LogP contribution in [0.5, 0.6) is 0 Å². The zero-order valence-electron chi connectivity index (χ0n) is 12.5. The lowest BCUT2D eigenvalue weighted by Gasteiger charge is -2.36. The maximum absolute atomic E-state index is 12.6. The number of amides is 1. The number of nitrogens with two attached hydrogens (primary N) is 1. The van der Waals surface area contributed by atoms with Crippen LogP contribution >= 0.6 is 0 Å². The number of carbonyl (C=O) groups is 2. The van der Waals surface area contributed by atoms with Gasteiger partial charge in [0.25, 0.3) is 0 Å². The van der Waals surface area contributed by atoms with E-state index in [1.54, 1.807) is 0 Å². The fraction of sp³-hybridized carbons (Fsp3) is 0.500. The molecular weight excluding hydrogens is 268 g/mol. The molecule has 3 unspecified atom stereocenters. The van der Waals surface area contributed by atoms with Gasteiger partial charge in [-0.1, -0.05) is 44.5 Å². The number of fused-ring (bicyclic) bond motifs is 1. The second-order valence-electron chi connectivity index (χ2n) is 5.70. The van der Waals surface area contributed by atoms with Crippen LogP contribution in [0.2, 0.25) is 0 Å². The fourth-order valence-electron chi connectivity index (χ4n) is 2.66. The molecule has 0 spiro atoms. The molecule has 5 heteroatoms. The number of carboxylic acids is 1. The molecule has 114 valence electrons. The summed E-state index contributed by atoms with van der Waals surface area (Å²) in [7, 11) is 0. The second kappa shape index (κ2) is 6.26. The molecule has 0 fully saturated rings. The lowest BCUT2D eigenvalue weighted by Crippen LogP contribution is -2.55. The predicted octanol–water partition coefficient (Wildman–Crippen LogP) is 1.40. The maximum atomic E-state index is 12.6. The molecule has 1 aliphatic rings. The van der Waals surface area contributed by atoms with Gasteiger partial charge in [0.1, 0.15) is 6.04 Å². The number of hydrogen-bond donors (Lipinski definition) is 2. The van der Waals surface area contributed by atoms with E-state index >= 15 is 0 Å². The van der Waals surface area contributed by atoms with Gasteiger partial charge >= 0.3 is 5.97 Å². The molecule has 3 atom stereocenters. The van der Waals surface area contributed by atoms with Crippen LogP contribution in [0.1, 0.15) is 31.4 Å². The molecule has 21 heavy (non-hydrogen) atoms. The smallest absolute Gasteiger partial charge is 0.326 e. The van der Waals surface area contributed by atoms with Crippen LogP contribution in [-0.4, -0.2) is 34.0 Å². The summed E-state index contributed by atoms with van der Waals surface area (Å²) in [6.45, 7) is 4.20. The summed E-state index contributed by atoms with van der Waals surface area (Å²) >= 11 is 0. The van der Waals surface area contributed by atoms with E-state index in [0.717, 1.165) is 17.5 Å². The van der Waals surface area contributed by atoms with Gasteiger partial charge in [-0.2, -0.15) is 0 Å². The monoisotopic (exact) mass is 290 g/mol. The highest BCUT2D eigenvalue weighted by atomic mass is 16.4. The van der Waals surface area contributed by atoms with Crippen LogP contribution in [0.3, 0.4) is 0 Å². The Morgan fingerprint density at radius 3 is 2.57 bits per heavy atom. The number of aliphatic carboxylic acids is 1. The van der Waals surface area contributed by atoms with Crippen LogP contribution in [0.4, 0.5) is 0 Å². The van der Waals surface area contributed by atoms with Crippen LogP contribution in [0, 0.1) is 5.92 Å². The molecule has 1 amide bonds. The molecule has 0 bridgehead atoms. The van der Waals surface area contributed by atoms with Crippen molar-refractivity contribution in [1.29, 1.82) is 0 Å². The Bertz CT molecular complexity index is 544. The Morgan fingerprint density at radius 1 is 1.38 bits per heavy atom. The molecule has 5 nitrogen and oxygen atoms in total. The highest BCUT2D eigenvalue weighted by Crippen LogP contribution is 2.25. The minimum Gasteiger partial charge on any atom is -0.480 e. The van der Waals surface area contributed by atoms with Crippen molar-refractivity contribution in [2.75, 3.05) is 0 Å². The summed E-state index contributed by atoms with van der Waals surface area (Å²) < 4.78 is 0. The van der Waals surface area contributed by atoms with Crippen molar-refractivity contribution in [1.82, 2.24) is 4.90 Å². The molecule has 1 heterocycles. The topological polar surface area (TPSA) is 83.6 Å². The van der Waals surface area contributed by atoms with E-state index < -0.39 is 18.1 Å². The third kappa shape index (κ3) is 3.08. The van der Waals surface area contributed by atoms with Crippen LogP contribution < -0.4 is 5.73 Å². The van der Waals surface area contributed by atoms with Gasteiger partial charge in [-0.15, -0.1) is 0 Å². The van der Waals surface area contributed by atoms with Crippen LogP contribution in [-0.2, 0) is 22.6 Å². The first-order chi connectivity index (χ1) is 9.95. The van der Waals surface area contributed by atoms with E-state index in [-0.39, 0.29) is 11.8 Å². The van der Waals surface area contributed by atoms with Crippen LogP contribution in [0.15, 0.2) is 24.3 Å². The van der Waals surface area contributed by atoms with Crippen molar-refractivity contribution >= 4 is 11.9 Å². The van der Waals surface area contributed by atoms with Crippen molar-refractivity contribution in [3.05, 3.63) is 35.4 Å². The van der Waals surface area contributed by atoms with Crippen molar-refractivity contribution in [3.8, 4) is 0 Å². The van der Waals surface area contributed by atoms with Gasteiger partial charge in [0.15, 0.2) is 0 Å².